The van der Waals surface area contributed by atoms with Crippen LogP contribution in [0.4, 0.5) is 0 Å². The fourth-order valence-electron chi connectivity index (χ4n) is 3.37. The largest absolute Gasteiger partial charge is 0.493 e. The maximum atomic E-state index is 13.1. The van der Waals surface area contributed by atoms with E-state index in [-0.39, 0.29) is 11.8 Å². The van der Waals surface area contributed by atoms with Gasteiger partial charge >= 0.3 is 0 Å². The molecular weight excluding hydrogens is 350 g/mol. The van der Waals surface area contributed by atoms with Gasteiger partial charge in [0.25, 0.3) is 0 Å². The third kappa shape index (κ3) is 3.29. The summed E-state index contributed by atoms with van der Waals surface area (Å²) in [5.41, 5.74) is 2.55. The lowest BCUT2D eigenvalue weighted by Gasteiger charge is -2.34. The number of benzene rings is 2. The molecule has 5 nitrogen and oxygen atoms in total. The van der Waals surface area contributed by atoms with Crippen LogP contribution >= 0.6 is 0 Å². The van der Waals surface area contributed by atoms with Crippen LogP contribution in [-0.2, 0) is 15.8 Å². The van der Waals surface area contributed by atoms with E-state index >= 15 is 0 Å². The normalized spacial score (nSPS) is 16.3. The van der Waals surface area contributed by atoms with Crippen molar-refractivity contribution in [2.75, 3.05) is 14.2 Å². The van der Waals surface area contributed by atoms with Crippen LogP contribution in [0.1, 0.15) is 36.1 Å². The number of hydrogen-bond donors (Lipinski definition) is 0. The topological polar surface area (TPSA) is 55.8 Å². The quantitative estimate of drug-likeness (QED) is 0.769. The molecule has 1 aliphatic heterocycles. The van der Waals surface area contributed by atoms with E-state index in [1.165, 1.54) is 4.31 Å². The summed E-state index contributed by atoms with van der Waals surface area (Å²) >= 11 is 0. The van der Waals surface area contributed by atoms with Gasteiger partial charge in [-0.2, -0.15) is 0 Å². The molecule has 0 aromatic heterocycles. The first-order chi connectivity index (χ1) is 12.5. The third-order valence-corrected chi connectivity index (χ3v) is 6.28. The van der Waals surface area contributed by atoms with Gasteiger partial charge in [0.2, 0.25) is 10.0 Å². The monoisotopic (exact) mass is 373 g/mol. The second kappa shape index (κ2) is 7.41. The standard InChI is InChI=1S/C20H23NO4S/c1-4-17-19-16(10-11-18(24-2)20(19)25-3)12-13-21(17)26(22,23)14-15-8-6-5-7-9-15/h5-13,17H,4,14H2,1-3H3. The van der Waals surface area contributed by atoms with Gasteiger partial charge in [0.1, 0.15) is 0 Å². The average molecular weight is 373 g/mol. The summed E-state index contributed by atoms with van der Waals surface area (Å²) < 4.78 is 38.6. The molecule has 1 heterocycles. The fraction of sp³-hybridized carbons (Fsp3) is 0.300. The summed E-state index contributed by atoms with van der Waals surface area (Å²) in [4.78, 5) is 0. The number of ether oxygens (including phenoxy) is 2. The van der Waals surface area contributed by atoms with E-state index in [0.29, 0.717) is 17.9 Å². The summed E-state index contributed by atoms with van der Waals surface area (Å²) in [6.45, 7) is 1.97. The number of hydrogen-bond acceptors (Lipinski definition) is 4. The summed E-state index contributed by atoms with van der Waals surface area (Å²) in [6, 6.07) is 12.6. The highest BCUT2D eigenvalue weighted by atomic mass is 32.2. The van der Waals surface area contributed by atoms with E-state index in [4.69, 9.17) is 9.47 Å². The number of nitrogens with zero attached hydrogens (tertiary/aromatic N) is 1. The minimum Gasteiger partial charge on any atom is -0.493 e. The molecule has 2 aromatic carbocycles. The van der Waals surface area contributed by atoms with Crippen LogP contribution in [0.2, 0.25) is 0 Å². The van der Waals surface area contributed by atoms with Gasteiger partial charge in [-0.1, -0.05) is 43.3 Å². The van der Waals surface area contributed by atoms with Crippen molar-refractivity contribution in [2.24, 2.45) is 0 Å². The molecule has 1 atom stereocenters. The molecule has 26 heavy (non-hydrogen) atoms. The van der Waals surface area contributed by atoms with Gasteiger partial charge in [-0.15, -0.1) is 0 Å². The summed E-state index contributed by atoms with van der Waals surface area (Å²) in [5, 5.41) is 0. The van der Waals surface area contributed by atoms with E-state index in [2.05, 4.69) is 0 Å². The molecule has 138 valence electrons. The summed E-state index contributed by atoms with van der Waals surface area (Å²) in [5.74, 6) is 1.14. The van der Waals surface area contributed by atoms with Crippen LogP contribution in [0.3, 0.4) is 0 Å². The predicted molar refractivity (Wildman–Crippen MR) is 103 cm³/mol. The lowest BCUT2D eigenvalue weighted by Crippen LogP contribution is -2.33. The molecule has 0 radical (unpaired) electrons. The van der Waals surface area contributed by atoms with Crippen molar-refractivity contribution in [3.8, 4) is 11.5 Å². The van der Waals surface area contributed by atoms with Gasteiger partial charge in [-0.25, -0.2) is 8.42 Å². The molecule has 0 spiro atoms. The summed E-state index contributed by atoms with van der Waals surface area (Å²) in [6.07, 6.45) is 4.08. The Balaban J connectivity index is 2.04. The molecule has 0 amide bonds. The Labute approximate surface area is 154 Å². The van der Waals surface area contributed by atoms with E-state index < -0.39 is 10.0 Å². The van der Waals surface area contributed by atoms with Crippen LogP contribution in [-0.4, -0.2) is 26.9 Å². The van der Waals surface area contributed by atoms with Crippen molar-refractivity contribution in [1.82, 2.24) is 4.31 Å². The highest BCUT2D eigenvalue weighted by Crippen LogP contribution is 2.44. The second-order valence-electron chi connectivity index (χ2n) is 6.12. The maximum absolute atomic E-state index is 13.1. The lowest BCUT2D eigenvalue weighted by molar-refractivity contribution is 0.332. The second-order valence-corrected chi connectivity index (χ2v) is 7.99. The molecule has 0 saturated carbocycles. The van der Waals surface area contributed by atoms with Gasteiger partial charge < -0.3 is 9.47 Å². The van der Waals surface area contributed by atoms with Gasteiger partial charge in [0.05, 0.1) is 26.0 Å². The van der Waals surface area contributed by atoms with Crippen LogP contribution in [0.15, 0.2) is 48.7 Å². The molecule has 1 unspecified atom stereocenters. The first-order valence-electron chi connectivity index (χ1n) is 8.50. The smallest absolute Gasteiger partial charge is 0.239 e. The number of fused-ring (bicyclic) bond motifs is 1. The Bertz CT molecular complexity index is 907. The van der Waals surface area contributed by atoms with Crippen LogP contribution < -0.4 is 9.47 Å². The van der Waals surface area contributed by atoms with Crippen LogP contribution in [0.5, 0.6) is 11.5 Å². The SMILES string of the molecule is CCC1c2c(ccc(OC)c2OC)C=CN1S(=O)(=O)Cc1ccccc1. The minimum absolute atomic E-state index is 0.0453. The van der Waals surface area contributed by atoms with Gasteiger partial charge in [0, 0.05) is 11.8 Å². The Morgan fingerprint density at radius 2 is 1.77 bits per heavy atom. The predicted octanol–water partition coefficient (Wildman–Crippen LogP) is 3.97. The highest BCUT2D eigenvalue weighted by Gasteiger charge is 2.34. The van der Waals surface area contributed by atoms with E-state index in [9.17, 15) is 8.42 Å². The third-order valence-electron chi connectivity index (χ3n) is 4.56. The molecule has 6 heteroatoms. The number of methoxy groups -OCH3 is 2. The zero-order valence-corrected chi connectivity index (χ0v) is 16.0. The first kappa shape index (κ1) is 18.3. The maximum Gasteiger partial charge on any atom is 0.239 e. The molecule has 0 bridgehead atoms. The Hall–Kier alpha value is -2.47. The number of sulfonamides is 1. The first-order valence-corrected chi connectivity index (χ1v) is 10.1. The van der Waals surface area contributed by atoms with Gasteiger partial charge in [-0.3, -0.25) is 4.31 Å². The Morgan fingerprint density at radius 1 is 1.04 bits per heavy atom. The Morgan fingerprint density at radius 3 is 2.38 bits per heavy atom. The van der Waals surface area contributed by atoms with Crippen molar-refractivity contribution in [3.63, 3.8) is 0 Å². The minimum atomic E-state index is -3.53. The zero-order valence-electron chi connectivity index (χ0n) is 15.2. The number of rotatable bonds is 6. The van der Waals surface area contributed by atoms with Crippen molar-refractivity contribution in [3.05, 3.63) is 65.4 Å². The molecule has 0 aliphatic carbocycles. The molecule has 0 saturated heterocycles. The van der Waals surface area contributed by atoms with Crippen molar-refractivity contribution >= 4 is 16.1 Å². The Kier molecular flexibility index (Phi) is 5.23. The molecule has 2 aromatic rings. The van der Waals surface area contributed by atoms with Crippen LogP contribution in [0.25, 0.3) is 6.08 Å². The molecular formula is C20H23NO4S. The van der Waals surface area contributed by atoms with E-state index in [0.717, 1.165) is 16.7 Å². The molecule has 3 rings (SSSR count). The summed E-state index contributed by atoms with van der Waals surface area (Å²) in [7, 11) is -0.382. The van der Waals surface area contributed by atoms with E-state index in [1.54, 1.807) is 20.4 Å². The van der Waals surface area contributed by atoms with Crippen molar-refractivity contribution < 1.29 is 17.9 Å². The van der Waals surface area contributed by atoms with E-state index in [1.807, 2.05) is 55.5 Å². The molecule has 1 aliphatic rings. The zero-order chi connectivity index (χ0) is 18.7. The fourth-order valence-corrected chi connectivity index (χ4v) is 5.02. The lowest BCUT2D eigenvalue weighted by atomic mass is 9.94. The highest BCUT2D eigenvalue weighted by molar-refractivity contribution is 7.88. The van der Waals surface area contributed by atoms with Gasteiger partial charge in [-0.05, 0) is 29.7 Å². The molecule has 0 N–H and O–H groups in total. The van der Waals surface area contributed by atoms with Crippen molar-refractivity contribution in [1.29, 1.82) is 0 Å². The van der Waals surface area contributed by atoms with Gasteiger partial charge in [0.15, 0.2) is 11.5 Å². The molecule has 0 fully saturated rings. The van der Waals surface area contributed by atoms with Crippen LogP contribution in [0, 0.1) is 0 Å². The average Bonchev–Trinajstić information content (AvgIpc) is 2.66. The van der Waals surface area contributed by atoms with Crippen molar-refractivity contribution in [2.45, 2.75) is 25.1 Å².